The van der Waals surface area contributed by atoms with Crippen LogP contribution >= 0.6 is 0 Å². The predicted octanol–water partition coefficient (Wildman–Crippen LogP) is 7.62. The third-order valence-corrected chi connectivity index (χ3v) is 7.19. The third kappa shape index (κ3) is 6.80. The van der Waals surface area contributed by atoms with Crippen molar-refractivity contribution in [2.24, 2.45) is 0 Å². The number of aromatic nitrogens is 2. The van der Waals surface area contributed by atoms with Gasteiger partial charge < -0.3 is 15.5 Å². The molecule has 2 N–H and O–H groups in total. The van der Waals surface area contributed by atoms with Gasteiger partial charge in [0.15, 0.2) is 0 Å². The molecule has 1 aromatic heterocycles. The van der Waals surface area contributed by atoms with Gasteiger partial charge in [0.1, 0.15) is 0 Å². The van der Waals surface area contributed by atoms with E-state index in [9.17, 15) is 9.59 Å². The topological polar surface area (TPSA) is 87.2 Å². The molecule has 0 atom stereocenters. The molecular formula is C34H39N5O2. The van der Waals surface area contributed by atoms with E-state index >= 15 is 0 Å². The van der Waals surface area contributed by atoms with Crippen molar-refractivity contribution in [3.05, 3.63) is 101 Å². The molecule has 0 saturated heterocycles. The summed E-state index contributed by atoms with van der Waals surface area (Å²) in [5.74, 6) is 0.254. The zero-order valence-corrected chi connectivity index (χ0v) is 25.2. The lowest BCUT2D eigenvalue weighted by molar-refractivity contribution is 0.0655. The lowest BCUT2D eigenvalue weighted by atomic mass is 9.83. The van der Waals surface area contributed by atoms with E-state index in [4.69, 9.17) is 4.98 Å². The Balaban J connectivity index is 1.54. The Morgan fingerprint density at radius 1 is 0.829 bits per heavy atom. The highest BCUT2D eigenvalue weighted by molar-refractivity contribution is 6.06. The Kier molecular flexibility index (Phi) is 8.29. The number of hydrogen-bond donors (Lipinski definition) is 2. The van der Waals surface area contributed by atoms with Crippen molar-refractivity contribution in [3.8, 4) is 11.3 Å². The van der Waals surface area contributed by atoms with E-state index in [-0.39, 0.29) is 22.8 Å². The van der Waals surface area contributed by atoms with Crippen molar-refractivity contribution in [1.82, 2.24) is 14.9 Å². The standard InChI is InChI=1S/C34H39N5O2/c1-22-25(13-11-15-28(22)37-30(40)26-12-9-10-14-27(26)33(2,3)4)29-20-21-35-32(38-29)36-24-18-16-23(17-19-24)31(41)39(8)34(5,6)7/h9-21H,1-8H3,(H,37,40)(H,35,36,38). The summed E-state index contributed by atoms with van der Waals surface area (Å²) < 4.78 is 0. The minimum Gasteiger partial charge on any atom is -0.337 e. The van der Waals surface area contributed by atoms with E-state index in [1.165, 1.54) is 0 Å². The molecule has 212 valence electrons. The molecule has 7 heteroatoms. The smallest absolute Gasteiger partial charge is 0.255 e. The molecular weight excluding hydrogens is 510 g/mol. The molecule has 3 aromatic carbocycles. The van der Waals surface area contributed by atoms with Crippen LogP contribution in [-0.4, -0.2) is 39.3 Å². The molecule has 0 aliphatic rings. The summed E-state index contributed by atoms with van der Waals surface area (Å²) in [5, 5.41) is 6.34. The van der Waals surface area contributed by atoms with Crippen molar-refractivity contribution in [2.75, 3.05) is 17.7 Å². The number of rotatable bonds is 6. The highest BCUT2D eigenvalue weighted by atomic mass is 16.2. The number of carbonyl (C=O) groups excluding carboxylic acids is 2. The van der Waals surface area contributed by atoms with Crippen LogP contribution < -0.4 is 10.6 Å². The first kappa shape index (κ1) is 29.5. The fourth-order valence-corrected chi connectivity index (χ4v) is 4.47. The van der Waals surface area contributed by atoms with Crippen LogP contribution in [0.2, 0.25) is 0 Å². The van der Waals surface area contributed by atoms with Crippen LogP contribution in [0.25, 0.3) is 11.3 Å². The molecule has 0 saturated carbocycles. The number of carbonyl (C=O) groups is 2. The van der Waals surface area contributed by atoms with Crippen molar-refractivity contribution in [3.63, 3.8) is 0 Å². The normalized spacial score (nSPS) is 11.6. The average Bonchev–Trinajstić information content (AvgIpc) is 2.93. The highest BCUT2D eigenvalue weighted by Crippen LogP contribution is 2.30. The Hall–Kier alpha value is -4.52. The molecule has 41 heavy (non-hydrogen) atoms. The molecule has 4 rings (SSSR count). The monoisotopic (exact) mass is 549 g/mol. The van der Waals surface area contributed by atoms with Gasteiger partial charge in [0.2, 0.25) is 5.95 Å². The van der Waals surface area contributed by atoms with Gasteiger partial charge in [0, 0.05) is 46.8 Å². The van der Waals surface area contributed by atoms with Crippen LogP contribution in [0.5, 0.6) is 0 Å². The summed E-state index contributed by atoms with van der Waals surface area (Å²) in [6, 6.07) is 22.6. The van der Waals surface area contributed by atoms with Gasteiger partial charge in [-0.2, -0.15) is 0 Å². The van der Waals surface area contributed by atoms with Gasteiger partial charge in [-0.3, -0.25) is 9.59 Å². The maximum Gasteiger partial charge on any atom is 0.255 e. The van der Waals surface area contributed by atoms with E-state index in [1.807, 2.05) is 88.4 Å². The first-order valence-electron chi connectivity index (χ1n) is 13.7. The molecule has 0 fully saturated rings. The Labute approximate surface area is 243 Å². The number of nitrogens with one attached hydrogen (secondary N) is 2. The average molecular weight is 550 g/mol. The lowest BCUT2D eigenvalue weighted by Crippen LogP contribution is -2.42. The molecule has 0 unspecified atom stereocenters. The molecule has 1 heterocycles. The van der Waals surface area contributed by atoms with Crippen LogP contribution in [0.4, 0.5) is 17.3 Å². The van der Waals surface area contributed by atoms with Crippen molar-refractivity contribution in [2.45, 2.75) is 59.4 Å². The molecule has 0 radical (unpaired) electrons. The van der Waals surface area contributed by atoms with E-state index in [1.54, 1.807) is 30.3 Å². The second-order valence-electron chi connectivity index (χ2n) is 12.2. The second-order valence-corrected chi connectivity index (χ2v) is 12.2. The van der Waals surface area contributed by atoms with Gasteiger partial charge in [0.25, 0.3) is 11.8 Å². The Morgan fingerprint density at radius 2 is 1.51 bits per heavy atom. The Morgan fingerprint density at radius 3 is 2.17 bits per heavy atom. The minimum absolute atomic E-state index is 0.0355. The van der Waals surface area contributed by atoms with Gasteiger partial charge in [-0.05, 0) is 86.7 Å². The minimum atomic E-state index is -0.266. The summed E-state index contributed by atoms with van der Waals surface area (Å²) in [6.45, 7) is 14.3. The summed E-state index contributed by atoms with van der Waals surface area (Å²) in [4.78, 5) is 36.9. The fourth-order valence-electron chi connectivity index (χ4n) is 4.47. The zero-order chi connectivity index (χ0) is 29.9. The molecule has 7 nitrogen and oxygen atoms in total. The number of anilines is 3. The van der Waals surface area contributed by atoms with E-state index in [0.717, 1.165) is 33.8 Å². The van der Waals surface area contributed by atoms with Gasteiger partial charge in [0.05, 0.1) is 5.69 Å². The summed E-state index contributed by atoms with van der Waals surface area (Å²) in [6.07, 6.45) is 1.70. The van der Waals surface area contributed by atoms with E-state index < -0.39 is 0 Å². The molecule has 4 aromatic rings. The van der Waals surface area contributed by atoms with Gasteiger partial charge >= 0.3 is 0 Å². The maximum absolute atomic E-state index is 13.3. The van der Waals surface area contributed by atoms with Crippen LogP contribution in [0.15, 0.2) is 79.0 Å². The summed E-state index contributed by atoms with van der Waals surface area (Å²) in [5.41, 5.74) is 5.87. The maximum atomic E-state index is 13.3. The van der Waals surface area contributed by atoms with Crippen LogP contribution in [0.1, 0.15) is 73.4 Å². The summed E-state index contributed by atoms with van der Waals surface area (Å²) >= 11 is 0. The number of benzene rings is 3. The third-order valence-electron chi connectivity index (χ3n) is 7.19. The zero-order valence-electron chi connectivity index (χ0n) is 25.2. The number of hydrogen-bond acceptors (Lipinski definition) is 5. The second kappa shape index (κ2) is 11.5. The predicted molar refractivity (Wildman–Crippen MR) is 167 cm³/mol. The Bertz CT molecular complexity index is 1560. The molecule has 0 aliphatic carbocycles. The summed E-state index contributed by atoms with van der Waals surface area (Å²) in [7, 11) is 1.81. The first-order chi connectivity index (χ1) is 19.3. The van der Waals surface area contributed by atoms with Crippen LogP contribution in [0, 0.1) is 6.92 Å². The van der Waals surface area contributed by atoms with E-state index in [0.29, 0.717) is 17.1 Å². The molecule has 2 amide bonds. The molecule has 0 spiro atoms. The fraction of sp³-hybridized carbons (Fsp3) is 0.294. The number of amides is 2. The van der Waals surface area contributed by atoms with Crippen molar-refractivity contribution >= 4 is 29.1 Å². The quantitative estimate of drug-likeness (QED) is 0.258. The van der Waals surface area contributed by atoms with Gasteiger partial charge in [-0.25, -0.2) is 9.97 Å². The van der Waals surface area contributed by atoms with E-state index in [2.05, 4.69) is 36.4 Å². The first-order valence-corrected chi connectivity index (χ1v) is 13.7. The number of nitrogens with zero attached hydrogens (tertiary/aromatic N) is 3. The van der Waals surface area contributed by atoms with Crippen molar-refractivity contribution in [1.29, 1.82) is 0 Å². The lowest BCUT2D eigenvalue weighted by Gasteiger charge is -2.32. The largest absolute Gasteiger partial charge is 0.337 e. The van der Waals surface area contributed by atoms with Crippen LogP contribution in [-0.2, 0) is 5.41 Å². The molecule has 0 bridgehead atoms. The molecule has 0 aliphatic heterocycles. The van der Waals surface area contributed by atoms with Gasteiger partial charge in [-0.15, -0.1) is 0 Å². The van der Waals surface area contributed by atoms with Crippen molar-refractivity contribution < 1.29 is 9.59 Å². The van der Waals surface area contributed by atoms with Gasteiger partial charge in [-0.1, -0.05) is 51.1 Å². The van der Waals surface area contributed by atoms with Crippen LogP contribution in [0.3, 0.4) is 0 Å². The highest BCUT2D eigenvalue weighted by Gasteiger charge is 2.24. The SMILES string of the molecule is Cc1c(NC(=O)c2ccccc2C(C)(C)C)cccc1-c1ccnc(Nc2ccc(C(=O)N(C)C(C)(C)C)cc2)n1.